The first-order valence-corrected chi connectivity index (χ1v) is 6.21. The Morgan fingerprint density at radius 3 is 2.68 bits per heavy atom. The van der Waals surface area contributed by atoms with Crippen LogP contribution in [0, 0.1) is 11.8 Å². The van der Waals surface area contributed by atoms with E-state index in [4.69, 9.17) is 4.74 Å². The lowest BCUT2D eigenvalue weighted by Gasteiger charge is -2.31. The van der Waals surface area contributed by atoms with Gasteiger partial charge in [-0.1, -0.05) is 12.2 Å². The fraction of sp³-hybridized carbons (Fsp3) is 0.267. The second kappa shape index (κ2) is 4.46. The van der Waals surface area contributed by atoms with Crippen LogP contribution in [-0.4, -0.2) is 22.1 Å². The molecule has 0 aromatic rings. The van der Waals surface area contributed by atoms with E-state index in [0.717, 1.165) is 0 Å². The molecule has 4 nitrogen and oxygen atoms in total. The number of rotatable bonds is 1. The Morgan fingerprint density at radius 1 is 1.16 bits per heavy atom. The number of hydrogen-bond donors (Lipinski definition) is 2. The van der Waals surface area contributed by atoms with Gasteiger partial charge in [-0.25, -0.2) is 0 Å². The maximum Gasteiger partial charge on any atom is 0.173 e. The minimum Gasteiger partial charge on any atom is -0.508 e. The van der Waals surface area contributed by atoms with Gasteiger partial charge in [0.2, 0.25) is 0 Å². The normalized spacial score (nSPS) is 32.9. The standard InChI is InChI=1S/C15H14O4/c16-10-3-1-9(2-4-10)13-8-19-14-7-11(17)5-6-12(14)15(13)18/h1,3-9,12,14,16-17H,2H2. The average molecular weight is 258 g/mol. The van der Waals surface area contributed by atoms with Gasteiger partial charge in [0.1, 0.15) is 17.6 Å². The molecule has 0 saturated carbocycles. The molecule has 0 saturated heterocycles. The molecule has 98 valence electrons. The molecule has 19 heavy (non-hydrogen) atoms. The van der Waals surface area contributed by atoms with Crippen LogP contribution in [-0.2, 0) is 9.53 Å². The van der Waals surface area contributed by atoms with Crippen LogP contribution in [0.2, 0.25) is 0 Å². The number of allylic oxidation sites excluding steroid dienone is 5. The SMILES string of the molecule is O=C1C(C2C=CC(O)=CC2)=COC2C=C(O)C=CC12. The van der Waals surface area contributed by atoms with Crippen molar-refractivity contribution in [2.45, 2.75) is 12.5 Å². The first kappa shape index (κ1) is 11.8. The van der Waals surface area contributed by atoms with Crippen LogP contribution in [0.4, 0.5) is 0 Å². The molecule has 1 heterocycles. The lowest BCUT2D eigenvalue weighted by atomic mass is 9.81. The van der Waals surface area contributed by atoms with Crippen LogP contribution in [0.3, 0.4) is 0 Å². The van der Waals surface area contributed by atoms with Gasteiger partial charge in [0, 0.05) is 11.5 Å². The predicted molar refractivity (Wildman–Crippen MR) is 69.3 cm³/mol. The highest BCUT2D eigenvalue weighted by molar-refractivity contribution is 6.00. The van der Waals surface area contributed by atoms with Gasteiger partial charge in [-0.05, 0) is 30.7 Å². The van der Waals surface area contributed by atoms with Crippen molar-refractivity contribution in [1.29, 1.82) is 0 Å². The Balaban J connectivity index is 1.84. The van der Waals surface area contributed by atoms with E-state index in [9.17, 15) is 15.0 Å². The molecule has 0 aromatic heterocycles. The van der Waals surface area contributed by atoms with Crippen molar-refractivity contribution in [1.82, 2.24) is 0 Å². The molecule has 0 radical (unpaired) electrons. The Morgan fingerprint density at radius 2 is 1.95 bits per heavy atom. The Hall–Kier alpha value is -2.23. The summed E-state index contributed by atoms with van der Waals surface area (Å²) in [5.41, 5.74) is 0.612. The van der Waals surface area contributed by atoms with Gasteiger partial charge in [0.05, 0.1) is 12.2 Å². The quantitative estimate of drug-likeness (QED) is 0.758. The molecule has 0 amide bonds. The molecule has 0 fully saturated rings. The molecule has 0 bridgehead atoms. The van der Waals surface area contributed by atoms with Gasteiger partial charge in [-0.15, -0.1) is 0 Å². The molecule has 2 N–H and O–H groups in total. The third kappa shape index (κ3) is 2.10. The van der Waals surface area contributed by atoms with Crippen molar-refractivity contribution in [3.05, 3.63) is 59.8 Å². The topological polar surface area (TPSA) is 66.8 Å². The first-order valence-electron chi connectivity index (χ1n) is 6.21. The molecule has 0 spiro atoms. The zero-order valence-electron chi connectivity index (χ0n) is 10.2. The van der Waals surface area contributed by atoms with Crippen molar-refractivity contribution in [3.63, 3.8) is 0 Å². The summed E-state index contributed by atoms with van der Waals surface area (Å²) < 4.78 is 5.53. The molecule has 3 rings (SSSR count). The smallest absolute Gasteiger partial charge is 0.173 e. The highest BCUT2D eigenvalue weighted by Gasteiger charge is 2.36. The van der Waals surface area contributed by atoms with E-state index < -0.39 is 6.10 Å². The van der Waals surface area contributed by atoms with Crippen LogP contribution in [0.25, 0.3) is 0 Å². The van der Waals surface area contributed by atoms with Crippen LogP contribution in [0.15, 0.2) is 59.8 Å². The number of ether oxygens (including phenoxy) is 1. The molecule has 3 aliphatic rings. The summed E-state index contributed by atoms with van der Waals surface area (Å²) in [7, 11) is 0. The summed E-state index contributed by atoms with van der Waals surface area (Å²) in [4.78, 5) is 12.4. The van der Waals surface area contributed by atoms with Crippen molar-refractivity contribution >= 4 is 5.78 Å². The molecular formula is C15H14O4. The number of aliphatic hydroxyl groups excluding tert-OH is 2. The maximum absolute atomic E-state index is 12.4. The summed E-state index contributed by atoms with van der Waals surface area (Å²) in [6.45, 7) is 0. The number of aliphatic hydroxyl groups is 2. The van der Waals surface area contributed by atoms with Crippen molar-refractivity contribution in [2.24, 2.45) is 11.8 Å². The Labute approximate surface area is 110 Å². The minimum atomic E-state index is -0.419. The lowest BCUT2D eigenvalue weighted by Crippen LogP contribution is -2.35. The molecule has 3 atom stereocenters. The summed E-state index contributed by atoms with van der Waals surface area (Å²) in [5, 5.41) is 18.7. The van der Waals surface area contributed by atoms with Crippen molar-refractivity contribution in [3.8, 4) is 0 Å². The lowest BCUT2D eigenvalue weighted by molar-refractivity contribution is -0.122. The third-order valence-corrected chi connectivity index (χ3v) is 3.58. The third-order valence-electron chi connectivity index (χ3n) is 3.58. The largest absolute Gasteiger partial charge is 0.508 e. The second-order valence-electron chi connectivity index (χ2n) is 4.84. The van der Waals surface area contributed by atoms with Gasteiger partial charge in [0.25, 0.3) is 0 Å². The number of Topliss-reactive ketones (excluding diaryl/α,β-unsaturated/α-hetero) is 1. The zero-order valence-corrected chi connectivity index (χ0v) is 10.2. The summed E-state index contributed by atoms with van der Waals surface area (Å²) >= 11 is 0. The van der Waals surface area contributed by atoms with Gasteiger partial charge >= 0.3 is 0 Å². The Kier molecular flexibility index (Phi) is 2.78. The monoisotopic (exact) mass is 258 g/mol. The number of carbonyl (C=O) groups excluding carboxylic acids is 1. The molecule has 4 heteroatoms. The number of fused-ring (bicyclic) bond motifs is 1. The average Bonchev–Trinajstić information content (AvgIpc) is 2.40. The maximum atomic E-state index is 12.4. The highest BCUT2D eigenvalue weighted by atomic mass is 16.5. The first-order chi connectivity index (χ1) is 9.15. The summed E-state index contributed by atoms with van der Waals surface area (Å²) in [5.74, 6) is -0.0672. The molecule has 1 aliphatic heterocycles. The fourth-order valence-electron chi connectivity index (χ4n) is 2.51. The van der Waals surface area contributed by atoms with Crippen LogP contribution < -0.4 is 0 Å². The zero-order chi connectivity index (χ0) is 13.4. The number of hydrogen-bond acceptors (Lipinski definition) is 4. The van der Waals surface area contributed by atoms with Crippen LogP contribution in [0.5, 0.6) is 0 Å². The van der Waals surface area contributed by atoms with E-state index in [1.807, 2.05) is 6.08 Å². The minimum absolute atomic E-state index is 0.0145. The van der Waals surface area contributed by atoms with Gasteiger partial charge in [-0.3, -0.25) is 4.79 Å². The van der Waals surface area contributed by atoms with E-state index in [2.05, 4.69) is 0 Å². The van der Waals surface area contributed by atoms with E-state index >= 15 is 0 Å². The molecule has 2 aliphatic carbocycles. The molecule has 3 unspecified atom stereocenters. The number of carbonyl (C=O) groups is 1. The predicted octanol–water partition coefficient (Wildman–Crippen LogP) is 2.48. The van der Waals surface area contributed by atoms with Gasteiger partial charge < -0.3 is 14.9 Å². The van der Waals surface area contributed by atoms with Crippen molar-refractivity contribution < 1.29 is 19.7 Å². The summed E-state index contributed by atoms with van der Waals surface area (Å²) in [6.07, 6.45) is 11.5. The van der Waals surface area contributed by atoms with Crippen molar-refractivity contribution in [2.75, 3.05) is 0 Å². The van der Waals surface area contributed by atoms with Crippen LogP contribution >= 0.6 is 0 Å². The van der Waals surface area contributed by atoms with E-state index in [1.54, 1.807) is 18.2 Å². The van der Waals surface area contributed by atoms with E-state index in [-0.39, 0.29) is 29.1 Å². The van der Waals surface area contributed by atoms with Gasteiger partial charge in [-0.2, -0.15) is 0 Å². The second-order valence-corrected chi connectivity index (χ2v) is 4.84. The molecule has 0 aromatic carbocycles. The number of ketones is 1. The van der Waals surface area contributed by atoms with Gasteiger partial charge in [0.15, 0.2) is 5.78 Å². The highest BCUT2D eigenvalue weighted by Crippen LogP contribution is 2.33. The fourth-order valence-corrected chi connectivity index (χ4v) is 2.51. The Bertz CT molecular complexity index is 563. The van der Waals surface area contributed by atoms with Crippen LogP contribution in [0.1, 0.15) is 6.42 Å². The molecular weight excluding hydrogens is 244 g/mol. The summed E-state index contributed by atoms with van der Waals surface area (Å²) in [6, 6.07) is 0. The van der Waals surface area contributed by atoms with E-state index in [0.29, 0.717) is 12.0 Å². The van der Waals surface area contributed by atoms with E-state index in [1.165, 1.54) is 18.4 Å².